The first-order chi connectivity index (χ1) is 7.91. The number of hydrogen-bond acceptors (Lipinski definition) is 3. The molecule has 4 nitrogen and oxygen atoms in total. The zero-order chi connectivity index (χ0) is 13.0. The molecule has 0 aliphatic rings. The Kier molecular flexibility index (Phi) is 4.57. The van der Waals surface area contributed by atoms with Crippen LogP contribution in [0.1, 0.15) is 24.2 Å². The van der Waals surface area contributed by atoms with Crippen LogP contribution in [0.4, 0.5) is 5.69 Å². The fraction of sp³-hybridized carbons (Fsp3) is 0.333. The Morgan fingerprint density at radius 2 is 1.76 bits per heavy atom. The zero-order valence-corrected chi connectivity index (χ0v) is 10.7. The third kappa shape index (κ3) is 3.78. The van der Waals surface area contributed by atoms with E-state index in [1.165, 1.54) is 0 Å². The summed E-state index contributed by atoms with van der Waals surface area (Å²) in [5.41, 5.74) is 6.15. The fourth-order valence-corrected chi connectivity index (χ4v) is 1.30. The van der Waals surface area contributed by atoms with Crippen molar-refractivity contribution in [1.29, 1.82) is 0 Å². The number of carbonyl (C=O) groups excluding carboxylic acids is 2. The third-order valence-electron chi connectivity index (χ3n) is 2.34. The average molecular weight is 252 g/mol. The molecule has 5 heteroatoms. The number of nitrogens with two attached hydrogens (primary N) is 1. The van der Waals surface area contributed by atoms with Crippen molar-refractivity contribution in [3.05, 3.63) is 29.8 Å². The molecule has 1 unspecified atom stereocenters. The summed E-state index contributed by atoms with van der Waals surface area (Å²) in [6.45, 7) is 3.85. The molecule has 17 heavy (non-hydrogen) atoms. The lowest BCUT2D eigenvalue weighted by atomic mass is 10.1. The van der Waals surface area contributed by atoms with E-state index in [9.17, 15) is 9.59 Å². The van der Waals surface area contributed by atoms with Crippen molar-refractivity contribution < 1.29 is 9.59 Å². The molecule has 0 spiro atoms. The van der Waals surface area contributed by atoms with Crippen LogP contribution in [0.2, 0.25) is 0 Å². The second-order valence-electron chi connectivity index (χ2n) is 4.12. The van der Waals surface area contributed by atoms with Crippen molar-refractivity contribution >= 4 is 30.1 Å². The van der Waals surface area contributed by atoms with Gasteiger partial charge in [0.2, 0.25) is 11.8 Å². The quantitative estimate of drug-likeness (QED) is 0.713. The van der Waals surface area contributed by atoms with Gasteiger partial charge >= 0.3 is 0 Å². The van der Waals surface area contributed by atoms with E-state index in [0.717, 1.165) is 0 Å². The van der Waals surface area contributed by atoms with E-state index in [4.69, 9.17) is 5.73 Å². The topological polar surface area (TPSA) is 72.2 Å². The number of hydrogen-bond donors (Lipinski definition) is 3. The summed E-state index contributed by atoms with van der Waals surface area (Å²) in [6, 6.07) is 6.42. The molecule has 92 valence electrons. The Balaban J connectivity index is 2.70. The molecule has 1 rings (SSSR count). The highest BCUT2D eigenvalue weighted by atomic mass is 32.1. The molecular formula is C12H16N2O2S. The molecule has 0 aromatic heterocycles. The molecule has 0 heterocycles. The van der Waals surface area contributed by atoms with E-state index >= 15 is 0 Å². The van der Waals surface area contributed by atoms with Gasteiger partial charge in [-0.05, 0) is 30.2 Å². The molecule has 0 radical (unpaired) electrons. The molecule has 0 bridgehead atoms. The minimum Gasteiger partial charge on any atom is -0.366 e. The monoisotopic (exact) mass is 252 g/mol. The van der Waals surface area contributed by atoms with E-state index < -0.39 is 5.91 Å². The Morgan fingerprint density at radius 3 is 2.18 bits per heavy atom. The number of benzene rings is 1. The number of anilines is 1. The fourth-order valence-electron chi connectivity index (χ4n) is 1.24. The van der Waals surface area contributed by atoms with E-state index in [1.54, 1.807) is 24.3 Å². The van der Waals surface area contributed by atoms with Crippen LogP contribution in [0, 0.1) is 5.92 Å². The van der Waals surface area contributed by atoms with Gasteiger partial charge < -0.3 is 11.1 Å². The van der Waals surface area contributed by atoms with Crippen LogP contribution < -0.4 is 11.1 Å². The van der Waals surface area contributed by atoms with Gasteiger partial charge in [-0.3, -0.25) is 9.59 Å². The highest BCUT2D eigenvalue weighted by Gasteiger charge is 2.17. The molecule has 1 aromatic carbocycles. The minimum atomic E-state index is -0.489. The molecule has 0 aliphatic heterocycles. The molecule has 0 saturated carbocycles. The Bertz CT molecular complexity index is 415. The van der Waals surface area contributed by atoms with E-state index in [-0.39, 0.29) is 17.1 Å². The number of thiol groups is 1. The van der Waals surface area contributed by atoms with Crippen LogP contribution >= 0.6 is 12.6 Å². The summed E-state index contributed by atoms with van der Waals surface area (Å²) in [7, 11) is 0. The molecule has 0 aliphatic carbocycles. The number of carbonyl (C=O) groups is 2. The molecule has 3 N–H and O–H groups in total. The maximum Gasteiger partial charge on any atom is 0.248 e. The van der Waals surface area contributed by atoms with Crippen LogP contribution in [0.5, 0.6) is 0 Å². The largest absolute Gasteiger partial charge is 0.366 e. The zero-order valence-electron chi connectivity index (χ0n) is 9.81. The van der Waals surface area contributed by atoms with Crippen LogP contribution in [-0.2, 0) is 4.79 Å². The maximum atomic E-state index is 11.7. The predicted molar refractivity (Wildman–Crippen MR) is 71.2 cm³/mol. The normalized spacial score (nSPS) is 12.2. The van der Waals surface area contributed by atoms with Crippen molar-refractivity contribution in [3.63, 3.8) is 0 Å². The summed E-state index contributed by atoms with van der Waals surface area (Å²) >= 11 is 4.22. The second kappa shape index (κ2) is 5.72. The maximum absolute atomic E-state index is 11.7. The first-order valence-corrected chi connectivity index (χ1v) is 5.82. The first kappa shape index (κ1) is 13.6. The van der Waals surface area contributed by atoms with Gasteiger partial charge in [-0.2, -0.15) is 12.6 Å². The van der Waals surface area contributed by atoms with Crippen LogP contribution in [0.25, 0.3) is 0 Å². The number of primary amides is 1. The third-order valence-corrected chi connectivity index (χ3v) is 3.17. The lowest BCUT2D eigenvalue weighted by molar-refractivity contribution is -0.116. The number of rotatable bonds is 4. The summed E-state index contributed by atoms with van der Waals surface area (Å²) in [5, 5.41) is 2.37. The molecule has 0 fully saturated rings. The van der Waals surface area contributed by atoms with Gasteiger partial charge in [-0.15, -0.1) is 0 Å². The van der Waals surface area contributed by atoms with Gasteiger partial charge in [-0.25, -0.2) is 0 Å². The van der Waals surface area contributed by atoms with Gasteiger partial charge in [0.25, 0.3) is 0 Å². The minimum absolute atomic E-state index is 0.156. The van der Waals surface area contributed by atoms with Gasteiger partial charge in [0, 0.05) is 11.3 Å². The standard InChI is InChI=1S/C12H16N2O2S/c1-7(2)10(17)12(16)14-9-5-3-8(4-6-9)11(13)15/h3-7,10,17H,1-2H3,(H2,13,15)(H,14,16). The van der Waals surface area contributed by atoms with Gasteiger partial charge in [-0.1, -0.05) is 13.8 Å². The van der Waals surface area contributed by atoms with Crippen molar-refractivity contribution in [2.24, 2.45) is 11.7 Å². The van der Waals surface area contributed by atoms with Crippen molar-refractivity contribution in [3.8, 4) is 0 Å². The molecule has 1 aromatic rings. The molecule has 2 amide bonds. The Hall–Kier alpha value is -1.49. The number of nitrogens with one attached hydrogen (secondary N) is 1. The van der Waals surface area contributed by atoms with Crippen LogP contribution in [0.15, 0.2) is 24.3 Å². The second-order valence-corrected chi connectivity index (χ2v) is 4.68. The predicted octanol–water partition coefficient (Wildman–Crippen LogP) is 1.68. The first-order valence-electron chi connectivity index (χ1n) is 5.30. The van der Waals surface area contributed by atoms with Crippen molar-refractivity contribution in [1.82, 2.24) is 0 Å². The van der Waals surface area contributed by atoms with E-state index in [0.29, 0.717) is 11.3 Å². The summed E-state index contributed by atoms with van der Waals surface area (Å²) in [4.78, 5) is 22.5. The highest BCUT2D eigenvalue weighted by molar-refractivity contribution is 7.81. The SMILES string of the molecule is CC(C)C(S)C(=O)Nc1ccc(C(N)=O)cc1. The lowest BCUT2D eigenvalue weighted by Gasteiger charge is -2.14. The Labute approximate surface area is 106 Å². The summed E-state index contributed by atoms with van der Waals surface area (Å²) in [5.74, 6) is -0.490. The average Bonchev–Trinajstić information content (AvgIpc) is 2.28. The molecule has 0 saturated heterocycles. The van der Waals surface area contributed by atoms with Gasteiger partial charge in [0.05, 0.1) is 5.25 Å². The molecule has 1 atom stereocenters. The summed E-state index contributed by atoms with van der Waals surface area (Å²) < 4.78 is 0. The van der Waals surface area contributed by atoms with Crippen LogP contribution in [0.3, 0.4) is 0 Å². The van der Waals surface area contributed by atoms with E-state index in [1.807, 2.05) is 13.8 Å². The smallest absolute Gasteiger partial charge is 0.248 e. The Morgan fingerprint density at radius 1 is 1.24 bits per heavy atom. The highest BCUT2D eigenvalue weighted by Crippen LogP contribution is 2.14. The van der Waals surface area contributed by atoms with Gasteiger partial charge in [0.15, 0.2) is 0 Å². The van der Waals surface area contributed by atoms with E-state index in [2.05, 4.69) is 17.9 Å². The lowest BCUT2D eigenvalue weighted by Crippen LogP contribution is -2.27. The summed E-state index contributed by atoms with van der Waals surface area (Å²) in [6.07, 6.45) is 0. The van der Waals surface area contributed by atoms with Crippen molar-refractivity contribution in [2.75, 3.05) is 5.32 Å². The molecular weight excluding hydrogens is 236 g/mol. The van der Waals surface area contributed by atoms with Gasteiger partial charge in [0.1, 0.15) is 0 Å². The number of amides is 2. The van der Waals surface area contributed by atoms with Crippen LogP contribution in [-0.4, -0.2) is 17.1 Å². The van der Waals surface area contributed by atoms with Crippen molar-refractivity contribution in [2.45, 2.75) is 19.1 Å².